The molecule has 1 saturated heterocycles. The third kappa shape index (κ3) is 3.97. The summed E-state index contributed by atoms with van der Waals surface area (Å²) in [5.41, 5.74) is 2.50. The molecular weight excluding hydrogens is 408 g/mol. The minimum atomic E-state index is -0.999. The minimum Gasteiger partial charge on any atom is -0.480 e. The number of rotatable bonds is 6. The monoisotopic (exact) mass is 430 g/mol. The first-order chi connectivity index (χ1) is 14.5. The molecule has 0 spiro atoms. The van der Waals surface area contributed by atoms with E-state index in [1.54, 1.807) is 19.2 Å². The number of anilines is 1. The summed E-state index contributed by atoms with van der Waals surface area (Å²) in [7, 11) is 0. The fraction of sp³-hybridized carbons (Fsp3) is 0.429. The molecule has 0 radical (unpaired) electrons. The predicted molar refractivity (Wildman–Crippen MR) is 112 cm³/mol. The van der Waals surface area contributed by atoms with E-state index < -0.39 is 12.0 Å². The van der Waals surface area contributed by atoms with Gasteiger partial charge in [0.25, 0.3) is 5.91 Å². The number of nitrogens with one attached hydrogen (secondary N) is 1. The van der Waals surface area contributed by atoms with Gasteiger partial charge in [-0.3, -0.25) is 4.79 Å². The van der Waals surface area contributed by atoms with Gasteiger partial charge in [0.15, 0.2) is 0 Å². The van der Waals surface area contributed by atoms with Crippen molar-refractivity contribution in [2.24, 2.45) is 0 Å². The molecule has 2 aliphatic heterocycles. The maximum absolute atomic E-state index is 12.9. The number of hydrogen-bond acceptors (Lipinski definition) is 6. The number of ether oxygens (including phenoxy) is 1. The summed E-state index contributed by atoms with van der Waals surface area (Å²) >= 11 is 6.36. The molecule has 1 amide bonds. The maximum atomic E-state index is 12.9. The number of amides is 1. The second-order valence-corrected chi connectivity index (χ2v) is 7.90. The number of carbonyl (C=O) groups is 2. The third-order valence-corrected chi connectivity index (χ3v) is 5.84. The van der Waals surface area contributed by atoms with Gasteiger partial charge in [-0.25, -0.2) is 14.8 Å². The highest BCUT2D eigenvalue weighted by atomic mass is 35.5. The average molecular weight is 431 g/mol. The Balaban J connectivity index is 1.61. The zero-order chi connectivity index (χ0) is 21.3. The Morgan fingerprint density at radius 2 is 2.17 bits per heavy atom. The highest BCUT2D eigenvalue weighted by Crippen LogP contribution is 2.32. The largest absolute Gasteiger partial charge is 0.480 e. The molecule has 0 bridgehead atoms. The van der Waals surface area contributed by atoms with Crippen molar-refractivity contribution in [3.8, 4) is 11.3 Å². The maximum Gasteiger partial charge on any atom is 0.326 e. The molecule has 9 heteroatoms. The number of aliphatic carboxylic acids is 1. The van der Waals surface area contributed by atoms with E-state index in [1.165, 1.54) is 4.90 Å². The second kappa shape index (κ2) is 8.57. The van der Waals surface area contributed by atoms with E-state index in [0.717, 1.165) is 18.4 Å². The number of carboxylic acids is 1. The lowest BCUT2D eigenvalue weighted by atomic mass is 10.0. The van der Waals surface area contributed by atoms with E-state index in [0.29, 0.717) is 47.4 Å². The van der Waals surface area contributed by atoms with Crippen LogP contribution in [0.15, 0.2) is 24.4 Å². The van der Waals surface area contributed by atoms with Crippen LogP contribution < -0.4 is 5.32 Å². The van der Waals surface area contributed by atoms with Crippen LogP contribution in [0, 0.1) is 0 Å². The molecule has 4 rings (SSSR count). The molecule has 2 N–H and O–H groups in total. The van der Waals surface area contributed by atoms with E-state index in [-0.39, 0.29) is 18.5 Å². The number of aromatic nitrogens is 2. The zero-order valence-corrected chi connectivity index (χ0v) is 17.4. The fourth-order valence-corrected chi connectivity index (χ4v) is 4.11. The van der Waals surface area contributed by atoms with Gasteiger partial charge in [0.1, 0.15) is 6.04 Å². The van der Waals surface area contributed by atoms with Gasteiger partial charge in [0.05, 0.1) is 16.9 Å². The van der Waals surface area contributed by atoms with Crippen molar-refractivity contribution in [3.63, 3.8) is 0 Å². The Morgan fingerprint density at radius 1 is 1.40 bits per heavy atom. The molecule has 2 aliphatic rings. The molecule has 1 fully saturated rings. The minimum absolute atomic E-state index is 0.241. The van der Waals surface area contributed by atoms with E-state index in [2.05, 4.69) is 15.3 Å². The standard InChI is InChI=1S/C21H23ClN4O4/c1-2-17(20(28)29)26-11-13-4-3-12(9-15(13)19(26)27)18-16(22)10-23-21(25-18)24-14-5-7-30-8-6-14/h3-4,9-10,14,17H,2,5-8,11H2,1H3,(H,28,29)(H,23,24,25). The van der Waals surface area contributed by atoms with Crippen molar-refractivity contribution in [1.29, 1.82) is 0 Å². The highest BCUT2D eigenvalue weighted by molar-refractivity contribution is 6.33. The van der Waals surface area contributed by atoms with Gasteiger partial charge in [-0.2, -0.15) is 0 Å². The van der Waals surface area contributed by atoms with Crippen LogP contribution in [0.4, 0.5) is 5.95 Å². The van der Waals surface area contributed by atoms with Crippen molar-refractivity contribution in [2.45, 2.75) is 44.8 Å². The zero-order valence-electron chi connectivity index (χ0n) is 16.6. The summed E-state index contributed by atoms with van der Waals surface area (Å²) in [5, 5.41) is 13.1. The van der Waals surface area contributed by atoms with Gasteiger partial charge < -0.3 is 20.1 Å². The first-order valence-corrected chi connectivity index (χ1v) is 10.4. The van der Waals surface area contributed by atoms with Gasteiger partial charge in [0.2, 0.25) is 5.95 Å². The van der Waals surface area contributed by atoms with Gasteiger partial charge in [0, 0.05) is 36.9 Å². The van der Waals surface area contributed by atoms with Crippen molar-refractivity contribution >= 4 is 29.4 Å². The fourth-order valence-electron chi connectivity index (χ4n) is 3.91. The van der Waals surface area contributed by atoms with Gasteiger partial charge >= 0.3 is 5.97 Å². The average Bonchev–Trinajstić information content (AvgIpc) is 3.06. The Morgan fingerprint density at radius 3 is 2.87 bits per heavy atom. The van der Waals surface area contributed by atoms with Crippen molar-refractivity contribution in [1.82, 2.24) is 14.9 Å². The van der Waals surface area contributed by atoms with Crippen LogP contribution in [0.1, 0.15) is 42.1 Å². The quantitative estimate of drug-likeness (QED) is 0.724. The van der Waals surface area contributed by atoms with Crippen LogP contribution in [0.3, 0.4) is 0 Å². The normalized spacial score (nSPS) is 17.7. The molecule has 1 atom stereocenters. The van der Waals surface area contributed by atoms with Crippen LogP contribution in [0.5, 0.6) is 0 Å². The summed E-state index contributed by atoms with van der Waals surface area (Å²) < 4.78 is 5.38. The SMILES string of the molecule is CCC(C(=O)O)N1Cc2ccc(-c3nc(NC4CCOCC4)ncc3Cl)cc2C1=O. The molecular formula is C21H23ClN4O4. The summed E-state index contributed by atoms with van der Waals surface area (Å²) in [6.45, 7) is 3.45. The van der Waals surface area contributed by atoms with Gasteiger partial charge in [-0.1, -0.05) is 30.7 Å². The molecule has 3 heterocycles. The van der Waals surface area contributed by atoms with E-state index in [1.807, 2.05) is 12.1 Å². The molecule has 8 nitrogen and oxygen atoms in total. The van der Waals surface area contributed by atoms with E-state index in [9.17, 15) is 14.7 Å². The number of halogens is 1. The second-order valence-electron chi connectivity index (χ2n) is 7.49. The van der Waals surface area contributed by atoms with Crippen molar-refractivity contribution in [2.75, 3.05) is 18.5 Å². The number of carbonyl (C=O) groups excluding carboxylic acids is 1. The lowest BCUT2D eigenvalue weighted by Crippen LogP contribution is -2.40. The topological polar surface area (TPSA) is 105 Å². The Bertz CT molecular complexity index is 977. The van der Waals surface area contributed by atoms with E-state index >= 15 is 0 Å². The Kier molecular flexibility index (Phi) is 5.87. The highest BCUT2D eigenvalue weighted by Gasteiger charge is 2.35. The Hall–Kier alpha value is -2.71. The van der Waals surface area contributed by atoms with Gasteiger partial charge in [-0.15, -0.1) is 0 Å². The summed E-state index contributed by atoms with van der Waals surface area (Å²) in [6, 6.07) is 4.82. The smallest absolute Gasteiger partial charge is 0.326 e. The summed E-state index contributed by atoms with van der Waals surface area (Å²) in [4.78, 5) is 34.6. The number of nitrogens with zero attached hydrogens (tertiary/aromatic N) is 3. The summed E-state index contributed by atoms with van der Waals surface area (Å²) in [6.07, 6.45) is 3.66. The summed E-state index contributed by atoms with van der Waals surface area (Å²) in [5.74, 6) is -0.805. The van der Waals surface area contributed by atoms with Crippen LogP contribution >= 0.6 is 11.6 Å². The number of carboxylic acid groups (broad SMARTS) is 1. The lowest BCUT2D eigenvalue weighted by Gasteiger charge is -2.23. The first-order valence-electron chi connectivity index (χ1n) is 10.0. The molecule has 158 valence electrons. The van der Waals surface area contributed by atoms with Crippen molar-refractivity contribution < 1.29 is 19.4 Å². The molecule has 30 heavy (non-hydrogen) atoms. The first kappa shape index (κ1) is 20.6. The third-order valence-electron chi connectivity index (χ3n) is 5.56. The predicted octanol–water partition coefficient (Wildman–Crippen LogP) is 3.21. The number of hydrogen-bond donors (Lipinski definition) is 2. The molecule has 1 aromatic carbocycles. The number of benzene rings is 1. The molecule has 0 saturated carbocycles. The number of fused-ring (bicyclic) bond motifs is 1. The van der Waals surface area contributed by atoms with Crippen molar-refractivity contribution in [3.05, 3.63) is 40.5 Å². The molecule has 0 aliphatic carbocycles. The Labute approximate surface area is 179 Å². The van der Waals surface area contributed by atoms with Crippen LogP contribution in [0.25, 0.3) is 11.3 Å². The van der Waals surface area contributed by atoms with Crippen LogP contribution in [-0.4, -0.2) is 57.1 Å². The van der Waals surface area contributed by atoms with Crippen LogP contribution in [-0.2, 0) is 16.1 Å². The molecule has 2 aromatic rings. The molecule has 1 aromatic heterocycles. The van der Waals surface area contributed by atoms with Crippen LogP contribution in [0.2, 0.25) is 5.02 Å². The lowest BCUT2D eigenvalue weighted by molar-refractivity contribution is -0.142. The van der Waals surface area contributed by atoms with E-state index in [4.69, 9.17) is 16.3 Å². The molecule has 1 unspecified atom stereocenters. The van der Waals surface area contributed by atoms with Gasteiger partial charge in [-0.05, 0) is 30.9 Å².